The number of aryl methyl sites for hydroxylation is 1. The topological polar surface area (TPSA) is 0 Å². The Hall–Kier alpha value is -13.5. The summed E-state index contributed by atoms with van der Waals surface area (Å²) in [6.07, 6.45) is 21.7. The number of rotatable bonds is 0. The number of hydrogen-bond acceptors (Lipinski definition) is 0. The molecule has 6 aliphatic carbocycles. The van der Waals surface area contributed by atoms with E-state index in [4.69, 9.17) is 0 Å². The lowest BCUT2D eigenvalue weighted by atomic mass is 9.81. The average molecular weight is 1430 g/mol. The molecule has 0 spiro atoms. The van der Waals surface area contributed by atoms with Crippen LogP contribution in [0.25, 0.3) is 136 Å². The van der Waals surface area contributed by atoms with Crippen molar-refractivity contribution in [2.45, 2.75) is 51.4 Å². The molecule has 0 atom stereocenters. The van der Waals surface area contributed by atoms with Gasteiger partial charge in [0.25, 0.3) is 0 Å². The minimum atomic E-state index is 1.03. The quantitative estimate of drug-likeness (QED) is 0.133. The van der Waals surface area contributed by atoms with Gasteiger partial charge in [0.15, 0.2) is 0 Å². The van der Waals surface area contributed by atoms with Gasteiger partial charge in [-0.05, 0) is 248 Å². The van der Waals surface area contributed by atoms with Crippen LogP contribution in [-0.2, 0) is 38.5 Å². The molecule has 0 heteroatoms. The first-order valence-electron chi connectivity index (χ1n) is 39.8. The predicted octanol–water partition coefficient (Wildman–Crippen LogP) is 29.8. The molecule has 0 amide bonds. The SMILES string of the molecule is C1=CCC=C1.C1=Cc2ccccc2CC1.c1cc2c3c(c1)ccc1ccc4cccc(c4c13)C2.c1cc2c3c(c1)ccc1cccc(c13)C2.c1ccc2c3c(ccc2c1)-c1cccc2cccc(c12)C3.c1ccc2c3c(ccc2c1)Cc1ccc2ccccc2c1C3.c1ccc2ccccc2c1.c1ccc2ccccc2c1. The number of hydrogen-bond donors (Lipinski definition) is 0. The van der Waals surface area contributed by atoms with Crippen LogP contribution >= 0.6 is 0 Å². The standard InChI is InChI=1S/C22H16.C21H14.C19H12.C15H10.C10H10.2C10H8.C5H6/c1-3-7-19-15(5-1)9-11-17-13-18-12-10-16-6-2-4-8-20(16)22(18)14-21(17)19;1-2-9-17-14(5-1)11-12-18-19-10-4-7-15-6-3-8-16(21(15)19)13-20(17)18;1-3-12-7-9-14-10-8-13-4-2-6-16-11-15(5-1)17(12)19(14)18(13)16;1-3-10-7-8-11-4-2-6-13-9-12(5-1)14(10)15(11)13;3*1-2-6-10-8-4-3-7-9(10)5-1;1-2-4-5-3-1/h1-12H,13-14H2;1-12H,13H2;1-10H,11H2;1-8H,9H2;1-3,5-7H,4,8H2;2*1-8H;1-4H,5H2. The zero-order valence-electron chi connectivity index (χ0n) is 62.9. The van der Waals surface area contributed by atoms with Crippen molar-refractivity contribution in [1.82, 2.24) is 0 Å². The highest BCUT2D eigenvalue weighted by Gasteiger charge is 2.23. The Bertz CT molecular complexity index is 6640. The van der Waals surface area contributed by atoms with E-state index in [1.165, 1.54) is 209 Å². The lowest BCUT2D eigenvalue weighted by molar-refractivity contribution is 0.986. The average Bonchev–Trinajstić information content (AvgIpc) is 1.22. The molecule has 0 fully saturated rings. The van der Waals surface area contributed by atoms with Crippen molar-refractivity contribution in [1.29, 1.82) is 0 Å². The summed E-state index contributed by atoms with van der Waals surface area (Å²) in [4.78, 5) is 0. The van der Waals surface area contributed by atoms with E-state index in [1.54, 1.807) is 0 Å². The van der Waals surface area contributed by atoms with Gasteiger partial charge < -0.3 is 0 Å². The second kappa shape index (κ2) is 31.2. The van der Waals surface area contributed by atoms with Gasteiger partial charge in [0.2, 0.25) is 0 Å². The van der Waals surface area contributed by atoms with Crippen LogP contribution in [0, 0.1) is 0 Å². The van der Waals surface area contributed by atoms with Crippen molar-refractivity contribution in [3.05, 3.63) is 473 Å². The Morgan fingerprint density at radius 3 is 0.902 bits per heavy atom. The molecule has 0 heterocycles. The van der Waals surface area contributed by atoms with Gasteiger partial charge in [-0.15, -0.1) is 0 Å². The molecule has 0 radical (unpaired) electrons. The van der Waals surface area contributed by atoms with Crippen molar-refractivity contribution >= 4 is 125 Å². The second-order valence-corrected chi connectivity index (χ2v) is 30.1. The van der Waals surface area contributed by atoms with Gasteiger partial charge in [-0.1, -0.05) is 413 Å². The van der Waals surface area contributed by atoms with Crippen molar-refractivity contribution in [2.24, 2.45) is 0 Å². The predicted molar refractivity (Wildman–Crippen MR) is 484 cm³/mol. The maximum atomic E-state index is 2.32. The molecule has 0 saturated carbocycles. The minimum absolute atomic E-state index is 1.03. The van der Waals surface area contributed by atoms with Gasteiger partial charge in [0.05, 0.1) is 0 Å². The summed E-state index contributed by atoms with van der Waals surface area (Å²) in [7, 11) is 0. The van der Waals surface area contributed by atoms with Crippen molar-refractivity contribution in [2.75, 3.05) is 0 Å². The summed E-state index contributed by atoms with van der Waals surface area (Å²) in [5, 5.41) is 30.5. The normalized spacial score (nSPS) is 12.8. The molecule has 6 aliphatic rings. The van der Waals surface area contributed by atoms with E-state index in [-0.39, 0.29) is 0 Å². The molecular formula is C112H84. The highest BCUT2D eigenvalue weighted by Crippen LogP contribution is 2.45. The summed E-state index contributed by atoms with van der Waals surface area (Å²) < 4.78 is 0. The molecule has 532 valence electrons. The van der Waals surface area contributed by atoms with E-state index in [2.05, 4.69) is 413 Å². The van der Waals surface area contributed by atoms with Gasteiger partial charge in [-0.25, -0.2) is 0 Å². The molecule has 0 nitrogen and oxygen atoms in total. The summed E-state index contributed by atoms with van der Waals surface area (Å²) >= 11 is 0. The third-order valence-corrected chi connectivity index (χ3v) is 23.5. The zero-order chi connectivity index (χ0) is 74.5. The Kier molecular flexibility index (Phi) is 19.2. The third kappa shape index (κ3) is 13.8. The first kappa shape index (κ1) is 69.0. The van der Waals surface area contributed by atoms with Crippen LogP contribution in [0.2, 0.25) is 0 Å². The molecule has 20 aromatic rings. The maximum Gasteiger partial charge on any atom is -0.000706 e. The van der Waals surface area contributed by atoms with Crippen LogP contribution in [0.1, 0.15) is 79.6 Å². The monoisotopic (exact) mass is 1430 g/mol. The van der Waals surface area contributed by atoms with Crippen LogP contribution < -0.4 is 0 Å². The van der Waals surface area contributed by atoms with Gasteiger partial charge in [-0.3, -0.25) is 0 Å². The van der Waals surface area contributed by atoms with Gasteiger partial charge >= 0.3 is 0 Å². The lowest BCUT2D eigenvalue weighted by Gasteiger charge is -2.23. The number of allylic oxidation sites excluding steroid dienone is 5. The first-order chi connectivity index (χ1) is 55.6. The molecule has 0 aromatic heterocycles. The first-order valence-corrected chi connectivity index (χ1v) is 39.8. The molecule has 0 saturated heterocycles. The highest BCUT2D eigenvalue weighted by atomic mass is 14.3. The highest BCUT2D eigenvalue weighted by molar-refractivity contribution is 6.23. The Balaban J connectivity index is 0.0000000888. The summed E-state index contributed by atoms with van der Waals surface area (Å²) in [6.45, 7) is 0. The minimum Gasteiger partial charge on any atom is -0.0836 e. The van der Waals surface area contributed by atoms with Gasteiger partial charge in [0, 0.05) is 0 Å². The Morgan fingerprint density at radius 2 is 0.482 bits per heavy atom. The zero-order valence-corrected chi connectivity index (χ0v) is 62.9. The Morgan fingerprint density at radius 1 is 0.170 bits per heavy atom. The fourth-order valence-electron chi connectivity index (χ4n) is 18.1. The smallest absolute Gasteiger partial charge is 0.000706 e. The van der Waals surface area contributed by atoms with Crippen LogP contribution in [0.4, 0.5) is 0 Å². The van der Waals surface area contributed by atoms with Gasteiger partial charge in [-0.2, -0.15) is 0 Å². The van der Waals surface area contributed by atoms with Crippen LogP contribution in [-0.4, -0.2) is 0 Å². The molecule has 112 heavy (non-hydrogen) atoms. The van der Waals surface area contributed by atoms with Crippen LogP contribution in [0.15, 0.2) is 406 Å². The molecule has 26 rings (SSSR count). The van der Waals surface area contributed by atoms with Gasteiger partial charge in [0.1, 0.15) is 0 Å². The fraction of sp³-hybridized carbons (Fsp3) is 0.0714. The molecule has 0 aliphatic heterocycles. The molecule has 0 bridgehead atoms. The molecule has 0 N–H and O–H groups in total. The number of fused-ring (bicyclic) bond motifs is 13. The van der Waals surface area contributed by atoms with Crippen molar-refractivity contribution in [3.8, 4) is 11.1 Å². The Labute approximate surface area is 655 Å². The summed E-state index contributed by atoms with van der Waals surface area (Å²) in [5.74, 6) is 0. The van der Waals surface area contributed by atoms with E-state index in [0.717, 1.165) is 38.5 Å². The molecular weight excluding hydrogens is 1350 g/mol. The largest absolute Gasteiger partial charge is 0.0836 e. The van der Waals surface area contributed by atoms with Crippen molar-refractivity contribution in [3.63, 3.8) is 0 Å². The van der Waals surface area contributed by atoms with E-state index < -0.39 is 0 Å². The fourth-order valence-corrected chi connectivity index (χ4v) is 18.1. The third-order valence-electron chi connectivity index (χ3n) is 23.5. The van der Waals surface area contributed by atoms with Crippen LogP contribution in [0.3, 0.4) is 0 Å². The van der Waals surface area contributed by atoms with Crippen LogP contribution in [0.5, 0.6) is 0 Å². The van der Waals surface area contributed by atoms with Crippen molar-refractivity contribution < 1.29 is 0 Å². The van der Waals surface area contributed by atoms with E-state index >= 15 is 0 Å². The van der Waals surface area contributed by atoms with E-state index in [9.17, 15) is 0 Å². The molecule has 0 unspecified atom stereocenters. The number of benzene rings is 20. The maximum absolute atomic E-state index is 2.32. The summed E-state index contributed by atoms with van der Waals surface area (Å²) in [5.41, 5.74) is 20.5. The summed E-state index contributed by atoms with van der Waals surface area (Å²) in [6, 6.07) is 135. The van der Waals surface area contributed by atoms with E-state index in [0.29, 0.717) is 0 Å². The lowest BCUT2D eigenvalue weighted by Crippen LogP contribution is -2.08. The van der Waals surface area contributed by atoms with E-state index in [1.807, 2.05) is 0 Å². The second-order valence-electron chi connectivity index (χ2n) is 30.1. The molecule has 20 aromatic carbocycles.